The molecule has 0 saturated carbocycles. The molecule has 5 rings (SSSR count). The summed E-state index contributed by atoms with van der Waals surface area (Å²) in [4.78, 5) is 58.8. The molecule has 16 heteroatoms. The lowest BCUT2D eigenvalue weighted by molar-refractivity contribution is -0.179. The number of halogens is 3. The summed E-state index contributed by atoms with van der Waals surface area (Å²) >= 11 is 0. The van der Waals surface area contributed by atoms with E-state index in [1.54, 1.807) is 12.1 Å². The Bertz CT molecular complexity index is 1410. The molecule has 0 radical (unpaired) electrons. The summed E-state index contributed by atoms with van der Waals surface area (Å²) in [5.41, 5.74) is -0.551. The number of piperidine rings is 1. The molecule has 2 bridgehead atoms. The topological polar surface area (TPSA) is 186 Å². The van der Waals surface area contributed by atoms with Crippen LogP contribution in [-0.2, 0) is 50.0 Å². The fraction of sp³-hybridized carbons (Fsp3) is 0.536. The number of likely N-dealkylation sites (N-methyl/N-ethyl adjacent to an activating group) is 1. The van der Waals surface area contributed by atoms with E-state index in [9.17, 15) is 42.6 Å². The van der Waals surface area contributed by atoms with Crippen LogP contribution < -0.4 is 4.74 Å². The molecule has 2 aliphatic carbocycles. The van der Waals surface area contributed by atoms with Crippen molar-refractivity contribution >= 4 is 30.2 Å². The number of esters is 3. The van der Waals surface area contributed by atoms with Gasteiger partial charge in [0.1, 0.15) is 5.76 Å². The Labute approximate surface area is 248 Å². The number of phenolic OH excluding ortho intramolecular Hbond substituents is 1. The van der Waals surface area contributed by atoms with Crippen molar-refractivity contribution in [3.63, 3.8) is 0 Å². The summed E-state index contributed by atoms with van der Waals surface area (Å²) in [5, 5.41) is 31.7. The highest BCUT2D eigenvalue weighted by Gasteiger charge is 2.72. The summed E-state index contributed by atoms with van der Waals surface area (Å²) in [5.74, 6) is -4.16. The van der Waals surface area contributed by atoms with E-state index >= 15 is 0 Å². The molecule has 13 nitrogen and oxygen atoms in total. The van der Waals surface area contributed by atoms with Crippen molar-refractivity contribution in [3.8, 4) is 11.5 Å². The third kappa shape index (κ3) is 5.70. The van der Waals surface area contributed by atoms with E-state index < -0.39 is 72.1 Å². The first-order valence-corrected chi connectivity index (χ1v) is 13.4. The monoisotopic (exact) mass is 629 g/mol. The van der Waals surface area contributed by atoms with E-state index in [2.05, 4.69) is 4.90 Å². The van der Waals surface area contributed by atoms with Crippen molar-refractivity contribution in [3.05, 3.63) is 35.1 Å². The zero-order chi connectivity index (χ0) is 32.8. The highest BCUT2D eigenvalue weighted by Crippen LogP contribution is 2.65. The van der Waals surface area contributed by atoms with Gasteiger partial charge in [-0.25, -0.2) is 9.59 Å². The number of hydrogen-bond acceptors (Lipinski definition) is 12. The van der Waals surface area contributed by atoms with Crippen LogP contribution in [0.4, 0.5) is 13.2 Å². The molecule has 0 aromatic heterocycles. The van der Waals surface area contributed by atoms with Crippen molar-refractivity contribution in [2.75, 3.05) is 13.6 Å². The van der Waals surface area contributed by atoms with E-state index in [1.807, 2.05) is 13.1 Å². The zero-order valence-electron chi connectivity index (χ0n) is 23.8. The Kier molecular flexibility index (Phi) is 8.72. The molecule has 4 aliphatic rings. The molecule has 0 unspecified atom stereocenters. The van der Waals surface area contributed by atoms with Crippen molar-refractivity contribution in [2.45, 2.75) is 81.1 Å². The highest BCUT2D eigenvalue weighted by molar-refractivity contribution is 5.86. The summed E-state index contributed by atoms with van der Waals surface area (Å²) in [6.45, 7) is 2.79. The number of carbonyl (C=O) groups is 5. The number of phenols is 1. The van der Waals surface area contributed by atoms with E-state index in [4.69, 9.17) is 28.8 Å². The third-order valence-electron chi connectivity index (χ3n) is 8.28. The lowest BCUT2D eigenvalue weighted by atomic mass is 9.50. The number of likely N-dealkylation sites (tertiary alicyclic amines) is 1. The number of alkyl halides is 3. The number of carbonyl (C=O) groups excluding carboxylic acids is 4. The lowest BCUT2D eigenvalue weighted by Crippen LogP contribution is -2.74. The maximum Gasteiger partial charge on any atom is 0.446 e. The minimum atomic E-state index is -4.64. The summed E-state index contributed by atoms with van der Waals surface area (Å²) in [6.07, 6.45) is -7.82. The maximum atomic E-state index is 13.0. The number of aliphatic hydroxyl groups is 1. The van der Waals surface area contributed by atoms with Gasteiger partial charge in [0.2, 0.25) is 12.4 Å². The number of aliphatic carboxylic acids is 1. The number of nitrogens with zero attached hydrogens (tertiary/aromatic N) is 1. The fourth-order valence-corrected chi connectivity index (χ4v) is 6.44. The summed E-state index contributed by atoms with van der Waals surface area (Å²) in [7, 11) is 1.95. The lowest BCUT2D eigenvalue weighted by Gasteiger charge is -2.61. The molecule has 0 amide bonds. The van der Waals surface area contributed by atoms with Gasteiger partial charge in [-0.1, -0.05) is 6.07 Å². The molecule has 2 heterocycles. The molecule has 1 aromatic rings. The predicted octanol–water partition coefficient (Wildman–Crippen LogP) is 1.30. The zero-order valence-corrected chi connectivity index (χ0v) is 23.8. The Morgan fingerprint density at radius 1 is 1.23 bits per heavy atom. The molecule has 1 fully saturated rings. The molecule has 3 N–H and O–H groups in total. The number of hydrogen-bond donors (Lipinski definition) is 3. The van der Waals surface area contributed by atoms with Crippen LogP contribution in [0.3, 0.4) is 0 Å². The molecule has 44 heavy (non-hydrogen) atoms. The van der Waals surface area contributed by atoms with Gasteiger partial charge < -0.3 is 39.2 Å². The van der Waals surface area contributed by atoms with E-state index in [1.165, 1.54) is 0 Å². The normalized spacial score (nSPS) is 27.6. The molecule has 6 atom stereocenters. The standard InChI is InChI=1S/C26H29NO11.C2HF3O/c1-12(23(31)32)35-24(33)17(36-13(2)28)11-19(30)37-16-6-7-26(34)18-10-14-4-5-15(29)21-20(14)25(26,22(16)38-21)8-9-27(18)3;3-2(4,5)1-6/h4-6,12,17-18,22,29,34H,7-11H2,1-3H3,(H,31,32);1H/t12-,17-,18+,22-,25-,26+;/m0./s1. The minimum absolute atomic E-state index is 0.0804. The molecular formula is C28H30F3NO12. The number of rotatable bonds is 7. The van der Waals surface area contributed by atoms with Crippen LogP contribution in [0.2, 0.25) is 0 Å². The first kappa shape index (κ1) is 32.7. The molecule has 2 aliphatic heterocycles. The van der Waals surface area contributed by atoms with Crippen LogP contribution in [-0.4, -0.2) is 100 Å². The van der Waals surface area contributed by atoms with Gasteiger partial charge in [0, 0.05) is 24.9 Å². The van der Waals surface area contributed by atoms with Crippen molar-refractivity contribution in [2.24, 2.45) is 0 Å². The number of aromatic hydroxyl groups is 1. The Balaban J connectivity index is 0.000000670. The molecule has 1 saturated heterocycles. The van der Waals surface area contributed by atoms with Crippen LogP contribution in [0.15, 0.2) is 24.0 Å². The van der Waals surface area contributed by atoms with Crippen molar-refractivity contribution in [1.29, 1.82) is 0 Å². The second-order valence-electron chi connectivity index (χ2n) is 11.0. The van der Waals surface area contributed by atoms with Gasteiger partial charge in [-0.05, 0) is 51.1 Å². The van der Waals surface area contributed by atoms with Crippen LogP contribution >= 0.6 is 0 Å². The third-order valence-corrected chi connectivity index (χ3v) is 8.28. The number of aldehydes is 1. The molecular weight excluding hydrogens is 599 g/mol. The number of ether oxygens (including phenoxy) is 4. The quantitative estimate of drug-likeness (QED) is 0.223. The SMILES string of the molecule is CC(=O)O[C@@H](CC(=O)OC1=CC[C@@]2(O)[C@H]3Cc4ccc(O)c5c4[C@@]2(CCN3C)[C@H]1O5)C(=O)O[C@@H](C)C(=O)O.O=CC(F)(F)F. The van der Waals surface area contributed by atoms with E-state index in [0.29, 0.717) is 19.4 Å². The second-order valence-corrected chi connectivity index (χ2v) is 11.0. The minimum Gasteiger partial charge on any atom is -0.504 e. The molecule has 1 spiro atoms. The molecule has 1 aromatic carbocycles. The van der Waals surface area contributed by atoms with Gasteiger partial charge in [0.25, 0.3) is 0 Å². The van der Waals surface area contributed by atoms with Crippen LogP contribution in [0.1, 0.15) is 44.2 Å². The van der Waals surface area contributed by atoms with E-state index in [0.717, 1.165) is 25.0 Å². The van der Waals surface area contributed by atoms with Crippen molar-refractivity contribution in [1.82, 2.24) is 4.90 Å². The van der Waals surface area contributed by atoms with Crippen LogP contribution in [0.5, 0.6) is 11.5 Å². The maximum absolute atomic E-state index is 13.0. The van der Waals surface area contributed by atoms with Crippen molar-refractivity contribution < 1.29 is 71.4 Å². The first-order chi connectivity index (χ1) is 20.4. The van der Waals surface area contributed by atoms with Crippen LogP contribution in [0.25, 0.3) is 0 Å². The van der Waals surface area contributed by atoms with E-state index in [-0.39, 0.29) is 29.7 Å². The Morgan fingerprint density at radius 3 is 2.48 bits per heavy atom. The van der Waals surface area contributed by atoms with Gasteiger partial charge in [0.05, 0.1) is 17.4 Å². The second kappa shape index (κ2) is 11.7. The van der Waals surface area contributed by atoms with Gasteiger partial charge >= 0.3 is 30.1 Å². The summed E-state index contributed by atoms with van der Waals surface area (Å²) in [6, 6.07) is 3.15. The fourth-order valence-electron chi connectivity index (χ4n) is 6.44. The Hall–Kier alpha value is -4.18. The smallest absolute Gasteiger partial charge is 0.446 e. The predicted molar refractivity (Wildman–Crippen MR) is 138 cm³/mol. The van der Waals surface area contributed by atoms with Gasteiger partial charge in [-0.2, -0.15) is 13.2 Å². The van der Waals surface area contributed by atoms with Crippen LogP contribution in [0, 0.1) is 0 Å². The average molecular weight is 630 g/mol. The highest BCUT2D eigenvalue weighted by atomic mass is 19.4. The largest absolute Gasteiger partial charge is 0.504 e. The van der Waals surface area contributed by atoms with Gasteiger partial charge in [-0.15, -0.1) is 0 Å². The average Bonchev–Trinajstić information content (AvgIpc) is 3.29. The number of carboxylic acids is 1. The first-order valence-electron chi connectivity index (χ1n) is 13.4. The summed E-state index contributed by atoms with van der Waals surface area (Å²) < 4.78 is 52.8. The number of benzene rings is 1. The van der Waals surface area contributed by atoms with Gasteiger partial charge in [-0.3, -0.25) is 14.4 Å². The van der Waals surface area contributed by atoms with Gasteiger partial charge in [0.15, 0.2) is 23.7 Å². The molecule has 240 valence electrons. The Morgan fingerprint density at radius 2 is 1.89 bits per heavy atom. The number of carboxylic acid groups (broad SMARTS) is 1.